The maximum Gasteiger partial charge on any atom is 0.336 e. The summed E-state index contributed by atoms with van der Waals surface area (Å²) in [6.07, 6.45) is 0. The molecule has 5 nitrogen and oxygen atoms in total. The Balaban J connectivity index is 2.21. The summed E-state index contributed by atoms with van der Waals surface area (Å²) in [7, 11) is 3.85. The van der Waals surface area contributed by atoms with Crippen molar-refractivity contribution >= 4 is 27.2 Å². The quantitative estimate of drug-likeness (QED) is 0.579. The van der Waals surface area contributed by atoms with Crippen LogP contribution in [0.3, 0.4) is 0 Å². The van der Waals surface area contributed by atoms with Gasteiger partial charge in [-0.25, -0.2) is 4.79 Å². The fraction of sp³-hybridized carbons (Fsp3) is 0.222. The van der Waals surface area contributed by atoms with Gasteiger partial charge in [0.15, 0.2) is 0 Å². The van der Waals surface area contributed by atoms with Crippen molar-refractivity contribution in [1.29, 1.82) is 0 Å². The molecule has 23 heavy (non-hydrogen) atoms. The monoisotopic (exact) mass is 307 g/mol. The summed E-state index contributed by atoms with van der Waals surface area (Å²) in [6, 6.07) is 13.4. The standard InChI is InChI=1S/C18H17N3O2/c1-19(2)10-11-20-17(22)14-8-5-7-13-12-6-3-4-9-15(12)21(16(13)14)18(20)23/h3-9H,10-11H2,1-2H3. The third-order valence-electron chi connectivity index (χ3n) is 4.36. The van der Waals surface area contributed by atoms with E-state index in [1.165, 1.54) is 4.57 Å². The van der Waals surface area contributed by atoms with Crippen molar-refractivity contribution in [1.82, 2.24) is 13.9 Å². The Morgan fingerprint density at radius 3 is 2.39 bits per heavy atom. The van der Waals surface area contributed by atoms with Crippen LogP contribution in [0.5, 0.6) is 0 Å². The SMILES string of the molecule is CN(C)CCn1c(=O)c2cccc3c4ccccc4n(c1=O)c23. The minimum Gasteiger partial charge on any atom is -0.308 e. The maximum absolute atomic E-state index is 13.0. The normalized spacial score (nSPS) is 12.1. The highest BCUT2D eigenvalue weighted by Gasteiger charge is 2.17. The molecular formula is C18H17N3O2. The van der Waals surface area contributed by atoms with Crippen LogP contribution in [-0.2, 0) is 6.54 Å². The zero-order valence-electron chi connectivity index (χ0n) is 13.1. The van der Waals surface area contributed by atoms with Crippen molar-refractivity contribution in [2.45, 2.75) is 6.54 Å². The van der Waals surface area contributed by atoms with E-state index in [0.717, 1.165) is 21.8 Å². The van der Waals surface area contributed by atoms with Crippen LogP contribution >= 0.6 is 0 Å². The van der Waals surface area contributed by atoms with E-state index in [2.05, 4.69) is 0 Å². The summed E-state index contributed by atoms with van der Waals surface area (Å²) in [6.45, 7) is 1.02. The molecule has 0 saturated carbocycles. The van der Waals surface area contributed by atoms with E-state index in [9.17, 15) is 9.59 Å². The lowest BCUT2D eigenvalue weighted by Crippen LogP contribution is -2.39. The van der Waals surface area contributed by atoms with Gasteiger partial charge in [0.25, 0.3) is 5.56 Å². The van der Waals surface area contributed by atoms with Crippen molar-refractivity contribution in [3.63, 3.8) is 0 Å². The van der Waals surface area contributed by atoms with Crippen LogP contribution in [0, 0.1) is 0 Å². The summed E-state index contributed by atoms with van der Waals surface area (Å²) in [4.78, 5) is 27.7. The first-order chi connectivity index (χ1) is 11.1. The second-order valence-corrected chi connectivity index (χ2v) is 6.10. The van der Waals surface area contributed by atoms with Gasteiger partial charge >= 0.3 is 5.69 Å². The van der Waals surface area contributed by atoms with E-state index >= 15 is 0 Å². The number of benzene rings is 2. The Kier molecular flexibility index (Phi) is 2.99. The first-order valence-corrected chi connectivity index (χ1v) is 7.62. The number of para-hydroxylation sites is 2. The topological polar surface area (TPSA) is 46.7 Å². The Hall–Kier alpha value is -2.66. The molecule has 0 amide bonds. The Morgan fingerprint density at radius 2 is 1.61 bits per heavy atom. The molecule has 2 heterocycles. The molecule has 0 unspecified atom stereocenters. The lowest BCUT2D eigenvalue weighted by atomic mass is 10.1. The Labute approximate surface area is 132 Å². The summed E-state index contributed by atoms with van der Waals surface area (Å²) in [5.74, 6) is 0. The predicted octanol–water partition coefficient (Wildman–Crippen LogP) is 1.77. The molecule has 0 aliphatic carbocycles. The van der Waals surface area contributed by atoms with E-state index in [1.807, 2.05) is 55.4 Å². The van der Waals surface area contributed by atoms with Crippen LogP contribution < -0.4 is 11.2 Å². The number of nitrogens with zero attached hydrogens (tertiary/aromatic N) is 3. The van der Waals surface area contributed by atoms with Gasteiger partial charge < -0.3 is 4.90 Å². The average Bonchev–Trinajstić information content (AvgIpc) is 2.88. The van der Waals surface area contributed by atoms with Gasteiger partial charge in [-0.05, 0) is 26.2 Å². The molecule has 0 aliphatic rings. The van der Waals surface area contributed by atoms with Crippen molar-refractivity contribution in [2.75, 3.05) is 20.6 Å². The van der Waals surface area contributed by atoms with E-state index in [1.54, 1.807) is 10.5 Å². The molecule has 116 valence electrons. The van der Waals surface area contributed by atoms with Crippen LogP contribution in [0.2, 0.25) is 0 Å². The minimum absolute atomic E-state index is 0.210. The van der Waals surface area contributed by atoms with Crippen molar-refractivity contribution in [3.8, 4) is 0 Å². The molecule has 0 fully saturated rings. The molecule has 0 atom stereocenters. The number of rotatable bonds is 3. The molecule has 2 aromatic carbocycles. The average molecular weight is 307 g/mol. The van der Waals surface area contributed by atoms with E-state index in [4.69, 9.17) is 0 Å². The van der Waals surface area contributed by atoms with Gasteiger partial charge in [0.2, 0.25) is 0 Å². The largest absolute Gasteiger partial charge is 0.336 e. The van der Waals surface area contributed by atoms with Gasteiger partial charge in [-0.2, -0.15) is 0 Å². The fourth-order valence-corrected chi connectivity index (χ4v) is 3.24. The first-order valence-electron chi connectivity index (χ1n) is 7.62. The summed E-state index contributed by atoms with van der Waals surface area (Å²) in [5.41, 5.74) is 1.10. The molecule has 0 spiro atoms. The zero-order chi connectivity index (χ0) is 16.1. The van der Waals surface area contributed by atoms with E-state index in [0.29, 0.717) is 18.5 Å². The van der Waals surface area contributed by atoms with Crippen LogP contribution in [0.4, 0.5) is 0 Å². The molecule has 4 aromatic rings. The number of aromatic nitrogens is 2. The van der Waals surface area contributed by atoms with Crippen LogP contribution in [0.15, 0.2) is 52.1 Å². The molecule has 0 radical (unpaired) electrons. The summed E-state index contributed by atoms with van der Waals surface area (Å²) >= 11 is 0. The lowest BCUT2D eigenvalue weighted by Gasteiger charge is -2.12. The maximum atomic E-state index is 13.0. The smallest absolute Gasteiger partial charge is 0.308 e. The van der Waals surface area contributed by atoms with Crippen LogP contribution in [0.1, 0.15) is 0 Å². The highest BCUT2D eigenvalue weighted by molar-refractivity contribution is 6.13. The van der Waals surface area contributed by atoms with Gasteiger partial charge in [0.1, 0.15) is 0 Å². The molecule has 5 heteroatoms. The van der Waals surface area contributed by atoms with Gasteiger partial charge in [-0.3, -0.25) is 13.8 Å². The Morgan fingerprint density at radius 1 is 0.913 bits per heavy atom. The number of fused-ring (bicyclic) bond motifs is 3. The Bertz CT molecular complexity index is 1140. The third-order valence-corrected chi connectivity index (χ3v) is 4.36. The molecule has 4 rings (SSSR count). The third kappa shape index (κ3) is 1.90. The van der Waals surface area contributed by atoms with Gasteiger partial charge in [-0.1, -0.05) is 30.3 Å². The molecular weight excluding hydrogens is 290 g/mol. The first kappa shape index (κ1) is 14.0. The summed E-state index contributed by atoms with van der Waals surface area (Å²) < 4.78 is 3.02. The lowest BCUT2D eigenvalue weighted by molar-refractivity contribution is 0.376. The molecule has 0 aliphatic heterocycles. The van der Waals surface area contributed by atoms with Crippen molar-refractivity contribution in [3.05, 3.63) is 63.3 Å². The fourth-order valence-electron chi connectivity index (χ4n) is 3.24. The number of hydrogen-bond acceptors (Lipinski definition) is 3. The highest BCUT2D eigenvalue weighted by atomic mass is 16.2. The predicted molar refractivity (Wildman–Crippen MR) is 92.7 cm³/mol. The molecule has 0 bridgehead atoms. The van der Waals surface area contributed by atoms with Crippen LogP contribution in [0.25, 0.3) is 27.2 Å². The van der Waals surface area contributed by atoms with Gasteiger partial charge in [0.05, 0.1) is 16.4 Å². The van der Waals surface area contributed by atoms with Crippen LogP contribution in [-0.4, -0.2) is 34.5 Å². The minimum atomic E-state index is -0.262. The molecule has 0 N–H and O–H groups in total. The van der Waals surface area contributed by atoms with E-state index in [-0.39, 0.29) is 11.2 Å². The zero-order valence-corrected chi connectivity index (χ0v) is 13.1. The van der Waals surface area contributed by atoms with E-state index < -0.39 is 0 Å². The second kappa shape index (κ2) is 4.93. The number of likely N-dealkylation sites (N-methyl/N-ethyl adjacent to an activating group) is 1. The van der Waals surface area contributed by atoms with Gasteiger partial charge in [-0.15, -0.1) is 0 Å². The second-order valence-electron chi connectivity index (χ2n) is 6.10. The summed E-state index contributed by atoms with van der Waals surface area (Å²) in [5, 5.41) is 2.55. The van der Waals surface area contributed by atoms with Gasteiger partial charge in [0, 0.05) is 23.9 Å². The molecule has 0 saturated heterocycles. The molecule has 2 aromatic heterocycles. The van der Waals surface area contributed by atoms with Crippen molar-refractivity contribution in [2.24, 2.45) is 0 Å². The highest BCUT2D eigenvalue weighted by Crippen LogP contribution is 2.28. The van der Waals surface area contributed by atoms with Crippen molar-refractivity contribution < 1.29 is 0 Å². The number of hydrogen-bond donors (Lipinski definition) is 0.